The topological polar surface area (TPSA) is 71.3 Å². The third-order valence-corrected chi connectivity index (χ3v) is 6.31. The summed E-state index contributed by atoms with van der Waals surface area (Å²) < 4.78 is 17.4. The number of nitrogens with one attached hydrogen (secondary N) is 2. The van der Waals surface area contributed by atoms with Crippen molar-refractivity contribution >= 4 is 29.9 Å². The number of rotatable bonds is 9. The van der Waals surface area contributed by atoms with Crippen LogP contribution in [0.4, 0.5) is 0 Å². The first-order chi connectivity index (χ1) is 15.7. The molecule has 0 bridgehead atoms. The number of ether oxygens (including phenoxy) is 2. The van der Waals surface area contributed by atoms with Crippen molar-refractivity contribution < 1.29 is 13.9 Å². The standard InChI is InChI=1S/C25H36N4O3.HI/c1-19-7-8-21(24(14-19)32-18-20-9-13-30-17-20)15-27-25(26-2)28-16-22(23-6-5-12-31-23)29-10-3-4-11-29;/h5-8,12,14,20,22H,3-4,9-11,13,15-18H2,1-2H3,(H2,26,27,28);1H. The fourth-order valence-electron chi connectivity index (χ4n) is 4.40. The minimum Gasteiger partial charge on any atom is -0.493 e. The third kappa shape index (κ3) is 7.35. The molecule has 2 aliphatic rings. The molecule has 0 radical (unpaired) electrons. The van der Waals surface area contributed by atoms with Crippen LogP contribution in [0.25, 0.3) is 0 Å². The minimum absolute atomic E-state index is 0. The van der Waals surface area contributed by atoms with Gasteiger partial charge in [-0.05, 0) is 63.0 Å². The van der Waals surface area contributed by atoms with Crippen LogP contribution in [0.5, 0.6) is 5.75 Å². The van der Waals surface area contributed by atoms with Gasteiger partial charge in [0.25, 0.3) is 0 Å². The van der Waals surface area contributed by atoms with Crippen molar-refractivity contribution in [3.8, 4) is 5.75 Å². The van der Waals surface area contributed by atoms with Crippen molar-refractivity contribution in [2.45, 2.75) is 38.8 Å². The van der Waals surface area contributed by atoms with E-state index in [1.165, 1.54) is 18.4 Å². The van der Waals surface area contributed by atoms with E-state index in [9.17, 15) is 0 Å². The van der Waals surface area contributed by atoms with E-state index in [2.05, 4.69) is 51.7 Å². The lowest BCUT2D eigenvalue weighted by molar-refractivity contribution is 0.166. The largest absolute Gasteiger partial charge is 0.493 e. The van der Waals surface area contributed by atoms with Crippen molar-refractivity contribution in [1.29, 1.82) is 0 Å². The van der Waals surface area contributed by atoms with E-state index < -0.39 is 0 Å². The van der Waals surface area contributed by atoms with Crippen molar-refractivity contribution in [2.24, 2.45) is 10.9 Å². The Labute approximate surface area is 214 Å². The van der Waals surface area contributed by atoms with Gasteiger partial charge in [0.05, 0.1) is 25.5 Å². The second kappa shape index (κ2) is 13.2. The molecular weight excluding hydrogens is 531 g/mol. The number of hydrogen-bond acceptors (Lipinski definition) is 5. The van der Waals surface area contributed by atoms with E-state index in [4.69, 9.17) is 13.9 Å². The predicted molar refractivity (Wildman–Crippen MR) is 141 cm³/mol. The van der Waals surface area contributed by atoms with Gasteiger partial charge >= 0.3 is 0 Å². The first-order valence-electron chi connectivity index (χ1n) is 11.7. The molecule has 7 nitrogen and oxygen atoms in total. The van der Waals surface area contributed by atoms with E-state index in [-0.39, 0.29) is 30.0 Å². The Morgan fingerprint density at radius 1 is 1.24 bits per heavy atom. The van der Waals surface area contributed by atoms with Crippen LogP contribution in [-0.4, -0.2) is 57.4 Å². The Kier molecular flexibility index (Phi) is 10.3. The average molecular weight is 569 g/mol. The molecule has 0 amide bonds. The lowest BCUT2D eigenvalue weighted by Crippen LogP contribution is -2.42. The number of aliphatic imine (C=N–C) groups is 1. The predicted octanol–water partition coefficient (Wildman–Crippen LogP) is 4.12. The molecule has 0 spiro atoms. The van der Waals surface area contributed by atoms with Crippen molar-refractivity contribution in [3.05, 3.63) is 53.5 Å². The Balaban J connectivity index is 0.00000306. The van der Waals surface area contributed by atoms with Gasteiger partial charge in [0.2, 0.25) is 0 Å². The molecule has 182 valence electrons. The summed E-state index contributed by atoms with van der Waals surface area (Å²) in [6.45, 7) is 8.03. The van der Waals surface area contributed by atoms with Gasteiger partial charge in [0, 0.05) is 38.2 Å². The lowest BCUT2D eigenvalue weighted by Gasteiger charge is -2.26. The van der Waals surface area contributed by atoms with Gasteiger partial charge in [-0.1, -0.05) is 12.1 Å². The summed E-state index contributed by atoms with van der Waals surface area (Å²) in [4.78, 5) is 6.91. The fourth-order valence-corrected chi connectivity index (χ4v) is 4.40. The van der Waals surface area contributed by atoms with E-state index in [1.807, 2.05) is 6.07 Å². The van der Waals surface area contributed by atoms with E-state index in [1.54, 1.807) is 13.3 Å². The quantitative estimate of drug-likeness (QED) is 0.270. The molecule has 1 aromatic carbocycles. The first-order valence-corrected chi connectivity index (χ1v) is 11.7. The number of guanidine groups is 1. The molecule has 2 aromatic rings. The summed E-state index contributed by atoms with van der Waals surface area (Å²) in [7, 11) is 1.81. The monoisotopic (exact) mass is 568 g/mol. The van der Waals surface area contributed by atoms with Gasteiger partial charge in [0.15, 0.2) is 5.96 Å². The molecule has 33 heavy (non-hydrogen) atoms. The Hall–Kier alpha value is -1.78. The van der Waals surface area contributed by atoms with Gasteiger partial charge in [-0.2, -0.15) is 0 Å². The highest BCUT2D eigenvalue weighted by Gasteiger charge is 2.25. The molecule has 8 heteroatoms. The van der Waals surface area contributed by atoms with Crippen molar-refractivity contribution in [1.82, 2.24) is 15.5 Å². The minimum atomic E-state index is 0. The second-order valence-electron chi connectivity index (χ2n) is 8.73. The second-order valence-corrected chi connectivity index (χ2v) is 8.73. The average Bonchev–Trinajstić information content (AvgIpc) is 3.59. The fraction of sp³-hybridized carbons (Fsp3) is 0.560. The summed E-state index contributed by atoms with van der Waals surface area (Å²) in [5, 5.41) is 6.94. The summed E-state index contributed by atoms with van der Waals surface area (Å²) in [6, 6.07) is 10.6. The van der Waals surface area contributed by atoms with E-state index in [0.29, 0.717) is 19.1 Å². The zero-order valence-corrected chi connectivity index (χ0v) is 22.0. The van der Waals surface area contributed by atoms with Gasteiger partial charge < -0.3 is 24.5 Å². The molecule has 0 aliphatic carbocycles. The normalized spacial score (nSPS) is 19.8. The molecule has 0 saturated carbocycles. The highest BCUT2D eigenvalue weighted by atomic mass is 127. The zero-order valence-electron chi connectivity index (χ0n) is 19.7. The third-order valence-electron chi connectivity index (χ3n) is 6.31. The molecule has 2 saturated heterocycles. The van der Waals surface area contributed by atoms with Gasteiger partial charge in [0.1, 0.15) is 11.5 Å². The van der Waals surface area contributed by atoms with Crippen LogP contribution in [0.3, 0.4) is 0 Å². The number of furan rings is 1. The van der Waals surface area contributed by atoms with Crippen LogP contribution in [0.15, 0.2) is 46.0 Å². The summed E-state index contributed by atoms with van der Waals surface area (Å²) in [6.07, 6.45) is 5.31. The molecule has 2 fully saturated rings. The van der Waals surface area contributed by atoms with E-state index in [0.717, 1.165) is 62.3 Å². The van der Waals surface area contributed by atoms with Gasteiger partial charge in [-0.25, -0.2) is 0 Å². The summed E-state index contributed by atoms with van der Waals surface area (Å²) in [5.74, 6) is 3.19. The van der Waals surface area contributed by atoms with Crippen LogP contribution in [0.1, 0.15) is 42.2 Å². The molecule has 2 unspecified atom stereocenters. The number of aryl methyl sites for hydroxylation is 1. The summed E-state index contributed by atoms with van der Waals surface area (Å²) in [5.41, 5.74) is 2.32. The maximum atomic E-state index is 6.18. The molecule has 1 aromatic heterocycles. The Morgan fingerprint density at radius 3 is 2.79 bits per heavy atom. The molecule has 2 N–H and O–H groups in total. The summed E-state index contributed by atoms with van der Waals surface area (Å²) >= 11 is 0. The number of nitrogens with zero attached hydrogens (tertiary/aromatic N) is 2. The van der Waals surface area contributed by atoms with E-state index >= 15 is 0 Å². The maximum Gasteiger partial charge on any atom is 0.191 e. The highest BCUT2D eigenvalue weighted by molar-refractivity contribution is 14.0. The Bertz CT molecular complexity index is 863. The smallest absolute Gasteiger partial charge is 0.191 e. The van der Waals surface area contributed by atoms with Gasteiger partial charge in [-0.3, -0.25) is 9.89 Å². The highest BCUT2D eigenvalue weighted by Crippen LogP contribution is 2.25. The number of hydrogen-bond donors (Lipinski definition) is 2. The molecule has 4 rings (SSSR count). The van der Waals surface area contributed by atoms with Crippen LogP contribution < -0.4 is 15.4 Å². The number of halogens is 1. The molecule has 2 atom stereocenters. The van der Waals surface area contributed by atoms with Crippen molar-refractivity contribution in [3.63, 3.8) is 0 Å². The van der Waals surface area contributed by atoms with Crippen LogP contribution in [0, 0.1) is 12.8 Å². The van der Waals surface area contributed by atoms with Crippen molar-refractivity contribution in [2.75, 3.05) is 46.5 Å². The Morgan fingerprint density at radius 2 is 2.09 bits per heavy atom. The molecular formula is C25H37IN4O3. The van der Waals surface area contributed by atoms with Crippen LogP contribution >= 0.6 is 24.0 Å². The zero-order chi connectivity index (χ0) is 22.2. The first kappa shape index (κ1) is 25.8. The maximum absolute atomic E-state index is 6.18. The molecule has 2 aliphatic heterocycles. The van der Waals surface area contributed by atoms with Gasteiger partial charge in [-0.15, -0.1) is 24.0 Å². The number of benzene rings is 1. The van der Waals surface area contributed by atoms with Crippen LogP contribution in [0.2, 0.25) is 0 Å². The SMILES string of the molecule is CN=C(NCc1ccc(C)cc1OCC1CCOC1)NCC(c1ccco1)N1CCCC1.I. The molecule has 3 heterocycles. The lowest BCUT2D eigenvalue weighted by atomic mass is 10.1. The van der Waals surface area contributed by atoms with Crippen LogP contribution in [-0.2, 0) is 11.3 Å². The number of likely N-dealkylation sites (tertiary alicyclic amines) is 1.